The molecule has 0 unspecified atom stereocenters. The van der Waals surface area contributed by atoms with Gasteiger partial charge in [-0.1, -0.05) is 66.2 Å². The lowest BCUT2D eigenvalue weighted by molar-refractivity contribution is -0.121. The Morgan fingerprint density at radius 3 is 2.37 bits per heavy atom. The largest absolute Gasteiger partial charge is 0.486 e. The van der Waals surface area contributed by atoms with Crippen LogP contribution in [0.1, 0.15) is 12.0 Å². The first-order valence-corrected chi connectivity index (χ1v) is 9.28. The van der Waals surface area contributed by atoms with Crippen molar-refractivity contribution < 1.29 is 9.53 Å². The number of ketones is 1. The summed E-state index contributed by atoms with van der Waals surface area (Å²) in [6, 6.07) is 25.0. The molecule has 3 aromatic carbocycles. The Morgan fingerprint density at radius 1 is 0.926 bits per heavy atom. The van der Waals surface area contributed by atoms with Crippen molar-refractivity contribution in [1.29, 1.82) is 0 Å². The van der Waals surface area contributed by atoms with E-state index in [0.717, 1.165) is 21.7 Å². The Kier molecular flexibility index (Phi) is 6.64. The highest BCUT2D eigenvalue weighted by atomic mass is 35.5. The van der Waals surface area contributed by atoms with Gasteiger partial charge in [0.05, 0.1) is 0 Å². The molecule has 0 aliphatic rings. The van der Waals surface area contributed by atoms with Crippen LogP contribution < -0.4 is 10.5 Å². The molecule has 3 rings (SSSR count). The first-order valence-electron chi connectivity index (χ1n) is 8.90. The van der Waals surface area contributed by atoms with E-state index in [1.165, 1.54) is 0 Å². The molecule has 0 aliphatic heterocycles. The Bertz CT molecular complexity index is 878. The van der Waals surface area contributed by atoms with Gasteiger partial charge in [0.1, 0.15) is 12.4 Å². The number of rotatable bonds is 8. The molecule has 0 heterocycles. The second kappa shape index (κ2) is 9.36. The van der Waals surface area contributed by atoms with Crippen molar-refractivity contribution in [2.45, 2.75) is 18.9 Å². The average molecular weight is 380 g/mol. The predicted octanol–water partition coefficient (Wildman–Crippen LogP) is 4.92. The summed E-state index contributed by atoms with van der Waals surface area (Å²) < 4.78 is 5.48. The molecule has 0 radical (unpaired) electrons. The molecule has 4 heteroatoms. The lowest BCUT2D eigenvalue weighted by atomic mass is 9.99. The van der Waals surface area contributed by atoms with Gasteiger partial charge in [0, 0.05) is 17.5 Å². The fraction of sp³-hybridized carbons (Fsp3) is 0.174. The van der Waals surface area contributed by atoms with E-state index < -0.39 is 0 Å². The Morgan fingerprint density at radius 2 is 1.67 bits per heavy atom. The minimum atomic E-state index is -0.228. The van der Waals surface area contributed by atoms with Gasteiger partial charge in [0.2, 0.25) is 0 Å². The maximum absolute atomic E-state index is 12.1. The molecule has 0 bridgehead atoms. The third kappa shape index (κ3) is 5.95. The Labute approximate surface area is 164 Å². The van der Waals surface area contributed by atoms with Gasteiger partial charge >= 0.3 is 0 Å². The summed E-state index contributed by atoms with van der Waals surface area (Å²) in [5.41, 5.74) is 9.43. The molecule has 0 aromatic heterocycles. The Hall–Kier alpha value is -2.62. The third-order valence-electron chi connectivity index (χ3n) is 4.24. The molecule has 0 amide bonds. The summed E-state index contributed by atoms with van der Waals surface area (Å²) in [4.78, 5) is 12.1. The number of halogens is 1. The highest BCUT2D eigenvalue weighted by Gasteiger charge is 2.11. The van der Waals surface area contributed by atoms with E-state index in [2.05, 4.69) is 0 Å². The van der Waals surface area contributed by atoms with Gasteiger partial charge in [-0.15, -0.1) is 0 Å². The summed E-state index contributed by atoms with van der Waals surface area (Å²) >= 11 is 6.05. The minimum Gasteiger partial charge on any atom is -0.486 e. The molecule has 0 aliphatic carbocycles. The highest BCUT2D eigenvalue weighted by Crippen LogP contribution is 2.23. The van der Waals surface area contributed by atoms with Gasteiger partial charge in [-0.2, -0.15) is 0 Å². The second-order valence-electron chi connectivity index (χ2n) is 6.52. The van der Waals surface area contributed by atoms with E-state index in [1.54, 1.807) is 0 Å². The fourth-order valence-electron chi connectivity index (χ4n) is 2.91. The first kappa shape index (κ1) is 19.2. The van der Waals surface area contributed by atoms with Crippen LogP contribution in [-0.4, -0.2) is 18.4 Å². The van der Waals surface area contributed by atoms with Gasteiger partial charge < -0.3 is 10.5 Å². The highest BCUT2D eigenvalue weighted by molar-refractivity contribution is 6.30. The van der Waals surface area contributed by atoms with Crippen LogP contribution in [0.15, 0.2) is 78.9 Å². The average Bonchev–Trinajstić information content (AvgIpc) is 2.68. The van der Waals surface area contributed by atoms with E-state index in [4.69, 9.17) is 22.1 Å². The molecule has 0 saturated heterocycles. The van der Waals surface area contributed by atoms with Crippen molar-refractivity contribution in [2.24, 2.45) is 5.73 Å². The van der Waals surface area contributed by atoms with E-state index in [0.29, 0.717) is 18.6 Å². The maximum Gasteiger partial charge on any atom is 0.171 e. The molecule has 1 atom stereocenters. The van der Waals surface area contributed by atoms with Gasteiger partial charge in [-0.05, 0) is 47.4 Å². The lowest BCUT2D eigenvalue weighted by Gasteiger charge is -2.12. The molecular formula is C23H22ClNO2. The molecule has 0 saturated carbocycles. The number of Topliss-reactive ketones (excluding diaryl/α,β-unsaturated/α-hetero) is 1. The fourth-order valence-corrected chi connectivity index (χ4v) is 3.10. The SMILES string of the molecule is N[C@@H](CC(=O)COc1ccccc1)Cc1ccc(-c2cccc(Cl)c2)cc1. The van der Waals surface area contributed by atoms with Crippen LogP contribution in [-0.2, 0) is 11.2 Å². The van der Waals surface area contributed by atoms with Crippen molar-refractivity contribution in [3.8, 4) is 16.9 Å². The van der Waals surface area contributed by atoms with Crippen LogP contribution in [0.5, 0.6) is 5.75 Å². The molecule has 138 valence electrons. The van der Waals surface area contributed by atoms with Gasteiger partial charge in [-0.3, -0.25) is 4.79 Å². The zero-order valence-electron chi connectivity index (χ0n) is 15.0. The maximum atomic E-state index is 12.1. The predicted molar refractivity (Wildman–Crippen MR) is 110 cm³/mol. The van der Waals surface area contributed by atoms with Crippen molar-refractivity contribution in [3.63, 3.8) is 0 Å². The smallest absolute Gasteiger partial charge is 0.171 e. The van der Waals surface area contributed by atoms with Crippen molar-refractivity contribution in [3.05, 3.63) is 89.4 Å². The number of para-hydroxylation sites is 1. The zero-order chi connectivity index (χ0) is 19.1. The molecule has 3 aromatic rings. The summed E-state index contributed by atoms with van der Waals surface area (Å²) in [6.07, 6.45) is 0.940. The molecule has 0 spiro atoms. The topological polar surface area (TPSA) is 52.3 Å². The van der Waals surface area contributed by atoms with E-state index in [1.807, 2.05) is 78.9 Å². The van der Waals surface area contributed by atoms with Crippen LogP contribution in [0.4, 0.5) is 0 Å². The number of hydrogen-bond acceptors (Lipinski definition) is 3. The molecule has 0 fully saturated rings. The van der Waals surface area contributed by atoms with Crippen molar-refractivity contribution >= 4 is 17.4 Å². The summed E-state index contributed by atoms with van der Waals surface area (Å²) in [6.45, 7) is 0.0470. The van der Waals surface area contributed by atoms with Gasteiger partial charge in [0.15, 0.2) is 5.78 Å². The normalized spacial score (nSPS) is 11.8. The number of carbonyl (C=O) groups is 1. The van der Waals surface area contributed by atoms with Gasteiger partial charge in [-0.25, -0.2) is 0 Å². The number of benzene rings is 3. The zero-order valence-corrected chi connectivity index (χ0v) is 15.7. The summed E-state index contributed by atoms with van der Waals surface area (Å²) in [5.74, 6) is 0.693. The third-order valence-corrected chi connectivity index (χ3v) is 4.48. The standard InChI is InChI=1S/C23H22ClNO2/c24-20-6-4-5-19(14-20)18-11-9-17(10-12-18)13-21(25)15-22(26)16-27-23-7-2-1-3-8-23/h1-12,14,21H,13,15-16,25H2/t21-/m1/s1. The minimum absolute atomic E-state index is 0.00176. The van der Waals surface area contributed by atoms with E-state index in [-0.39, 0.29) is 18.4 Å². The lowest BCUT2D eigenvalue weighted by Crippen LogP contribution is -2.28. The molecular weight excluding hydrogens is 358 g/mol. The van der Waals surface area contributed by atoms with Crippen molar-refractivity contribution in [2.75, 3.05) is 6.61 Å². The number of hydrogen-bond donors (Lipinski definition) is 1. The number of carbonyl (C=O) groups excluding carboxylic acids is 1. The summed E-state index contributed by atoms with van der Waals surface area (Å²) in [7, 11) is 0. The monoisotopic (exact) mass is 379 g/mol. The first-order chi connectivity index (χ1) is 13.1. The van der Waals surface area contributed by atoms with Crippen LogP contribution in [0, 0.1) is 0 Å². The van der Waals surface area contributed by atoms with Crippen LogP contribution >= 0.6 is 11.6 Å². The number of ether oxygens (including phenoxy) is 1. The second-order valence-corrected chi connectivity index (χ2v) is 6.95. The molecule has 3 nitrogen and oxygen atoms in total. The summed E-state index contributed by atoms with van der Waals surface area (Å²) in [5, 5.41) is 0.717. The van der Waals surface area contributed by atoms with E-state index >= 15 is 0 Å². The molecule has 27 heavy (non-hydrogen) atoms. The molecule has 2 N–H and O–H groups in total. The van der Waals surface area contributed by atoms with Crippen LogP contribution in [0.3, 0.4) is 0 Å². The number of nitrogens with two attached hydrogens (primary N) is 1. The van der Waals surface area contributed by atoms with Crippen LogP contribution in [0.2, 0.25) is 5.02 Å². The van der Waals surface area contributed by atoms with E-state index in [9.17, 15) is 4.79 Å². The Balaban J connectivity index is 1.50. The van der Waals surface area contributed by atoms with Crippen molar-refractivity contribution in [1.82, 2.24) is 0 Å². The van der Waals surface area contributed by atoms with Crippen LogP contribution in [0.25, 0.3) is 11.1 Å². The van der Waals surface area contributed by atoms with Gasteiger partial charge in [0.25, 0.3) is 0 Å². The quantitative estimate of drug-likeness (QED) is 0.604.